The highest BCUT2D eigenvalue weighted by Crippen LogP contribution is 2.12. The van der Waals surface area contributed by atoms with Crippen LogP contribution in [0.2, 0.25) is 19.0 Å². The summed E-state index contributed by atoms with van der Waals surface area (Å²) in [4.78, 5) is 0. The predicted molar refractivity (Wildman–Crippen MR) is 71.9 cm³/mol. The van der Waals surface area contributed by atoms with Crippen LogP contribution in [0.3, 0.4) is 0 Å². The van der Waals surface area contributed by atoms with Crippen molar-refractivity contribution in [3.8, 4) is 0 Å². The quantitative estimate of drug-likeness (QED) is 0.294. The van der Waals surface area contributed by atoms with Gasteiger partial charge in [-0.3, -0.25) is 0 Å². The Kier molecular flexibility index (Phi) is 9.56. The Bertz CT molecular complexity index is 108. The lowest BCUT2D eigenvalue weighted by Crippen LogP contribution is -2.30. The zero-order chi connectivity index (χ0) is 10.1. The van der Waals surface area contributed by atoms with Gasteiger partial charge in [0.05, 0.1) is 13.8 Å². The van der Waals surface area contributed by atoms with E-state index in [1.807, 2.05) is 21.2 Å². The van der Waals surface area contributed by atoms with Gasteiger partial charge >= 0.3 is 0 Å². The van der Waals surface area contributed by atoms with Gasteiger partial charge in [0, 0.05) is 50.8 Å². The second kappa shape index (κ2) is 9.15. The summed E-state index contributed by atoms with van der Waals surface area (Å²) in [5.74, 6) is 0.613. The topological polar surface area (TPSA) is 0 Å². The van der Waals surface area contributed by atoms with E-state index in [4.69, 9.17) is 15.5 Å². The van der Waals surface area contributed by atoms with E-state index < -0.39 is 0 Å². The van der Waals surface area contributed by atoms with Gasteiger partial charge in [0.1, 0.15) is 0 Å². The highest BCUT2D eigenvalue weighted by molar-refractivity contribution is 7.51. The Balaban J connectivity index is 3.32. The van der Waals surface area contributed by atoms with Crippen LogP contribution in [0.25, 0.3) is 0 Å². The molecule has 0 aromatic heterocycles. The van der Waals surface area contributed by atoms with Gasteiger partial charge in [-0.2, -0.15) is 0 Å². The monoisotopic (exact) mass is 156 g/mol. The molecule has 0 aliphatic carbocycles. The summed E-state index contributed by atoms with van der Waals surface area (Å²) in [5, 5.41) is 0. The van der Waals surface area contributed by atoms with Crippen molar-refractivity contribution in [1.82, 2.24) is 0 Å². The zero-order valence-electron chi connectivity index (χ0n) is 8.48. The minimum absolute atomic E-state index is 0.525. The Morgan fingerprint density at radius 1 is 1.23 bits per heavy atom. The van der Waals surface area contributed by atoms with Crippen LogP contribution in [0.4, 0.5) is 0 Å². The van der Waals surface area contributed by atoms with E-state index in [0.29, 0.717) is 12.4 Å². The van der Waals surface area contributed by atoms with E-state index in [1.165, 1.54) is 7.06 Å². The Morgan fingerprint density at radius 2 is 1.92 bits per heavy atom. The van der Waals surface area contributed by atoms with Crippen molar-refractivity contribution < 1.29 is 0 Å². The molecule has 13 heavy (non-hydrogen) atoms. The maximum atomic E-state index is 5.32. The smallest absolute Gasteiger partial charge is 0.0895 e. The molecule has 0 amide bonds. The molecule has 1 atom stereocenters. The largest absolute Gasteiger partial charge is 0.0940 e. The van der Waals surface area contributed by atoms with Gasteiger partial charge in [-0.05, 0) is 0 Å². The van der Waals surface area contributed by atoms with Crippen LogP contribution < -0.4 is 0 Å². The van der Waals surface area contributed by atoms with Gasteiger partial charge in [-0.25, -0.2) is 0 Å². The van der Waals surface area contributed by atoms with Crippen molar-refractivity contribution >= 4 is 64.6 Å². The first-order chi connectivity index (χ1) is 6.22. The Hall–Kier alpha value is 0.584. The van der Waals surface area contributed by atoms with Crippen molar-refractivity contribution in [2.24, 2.45) is 0 Å². The minimum Gasteiger partial charge on any atom is -0.0940 e. The summed E-state index contributed by atoms with van der Waals surface area (Å²) in [7, 11) is 21.6. The summed E-state index contributed by atoms with van der Waals surface area (Å²) in [6.45, 7) is 4.90. The third kappa shape index (κ3) is 7.64. The second-order valence-corrected chi connectivity index (χ2v) is 3.27. The molecular weight excluding hydrogens is 145 g/mol. The molecule has 0 saturated heterocycles. The molecule has 1 unspecified atom stereocenters. The molecule has 9 heteroatoms. The molecule has 0 aromatic carbocycles. The predicted octanol–water partition coefficient (Wildman–Crippen LogP) is -1.53. The molecular formula is C4H9B9. The summed E-state index contributed by atoms with van der Waals surface area (Å²) in [6, 6.07) is 0. The van der Waals surface area contributed by atoms with Crippen molar-refractivity contribution in [1.29, 1.82) is 0 Å². The molecule has 0 nitrogen and oxygen atoms in total. The molecule has 0 aliphatic heterocycles. The van der Waals surface area contributed by atoms with Crippen molar-refractivity contribution in [2.75, 3.05) is 0 Å². The third-order valence-electron chi connectivity index (χ3n) is 2.18. The maximum Gasteiger partial charge on any atom is 0.0895 e. The number of hydrogen-bond donors (Lipinski definition) is 0. The van der Waals surface area contributed by atoms with Gasteiger partial charge < -0.3 is 0 Å². The molecule has 52 valence electrons. The molecule has 0 saturated carbocycles. The molecule has 0 rings (SSSR count). The minimum atomic E-state index is 0.525. The molecule has 0 spiro atoms. The van der Waals surface area contributed by atoms with E-state index in [2.05, 4.69) is 20.9 Å². The van der Waals surface area contributed by atoms with E-state index in [0.717, 1.165) is 6.32 Å². The lowest BCUT2D eigenvalue weighted by Gasteiger charge is -2.15. The molecule has 10 radical (unpaired) electrons. The fourth-order valence-electron chi connectivity index (χ4n) is 1.02. The van der Waals surface area contributed by atoms with Crippen LogP contribution in [-0.4, -0.2) is 64.6 Å². The summed E-state index contributed by atoms with van der Waals surface area (Å²) < 4.78 is 0. The molecule has 0 bridgehead atoms. The highest BCUT2D eigenvalue weighted by Gasteiger charge is 2.13. The number of hydrogen-bond acceptors (Lipinski definition) is 0. The van der Waals surface area contributed by atoms with Crippen molar-refractivity contribution in [2.45, 2.75) is 25.9 Å². The summed E-state index contributed by atoms with van der Waals surface area (Å²) >= 11 is 0. The van der Waals surface area contributed by atoms with Crippen molar-refractivity contribution in [3.05, 3.63) is 0 Å². The molecule has 0 fully saturated rings. The van der Waals surface area contributed by atoms with Gasteiger partial charge in [0.25, 0.3) is 0 Å². The van der Waals surface area contributed by atoms with Crippen LogP contribution in [-0.2, 0) is 0 Å². The van der Waals surface area contributed by atoms with Gasteiger partial charge in [0.15, 0.2) is 0 Å². The van der Waals surface area contributed by atoms with Crippen LogP contribution in [0.15, 0.2) is 0 Å². The lowest BCUT2D eigenvalue weighted by molar-refractivity contribution is 1.05. The Labute approximate surface area is 90.8 Å². The van der Waals surface area contributed by atoms with E-state index in [1.54, 1.807) is 7.06 Å². The average molecular weight is 154 g/mol. The lowest BCUT2D eigenvalue weighted by atomic mass is 9.00. The summed E-state index contributed by atoms with van der Waals surface area (Å²) in [5.41, 5.74) is 0. The molecule has 0 aliphatic rings. The average Bonchev–Trinajstić information content (AvgIpc) is 2.12. The van der Waals surface area contributed by atoms with Crippen LogP contribution in [0, 0.1) is 0 Å². The highest BCUT2D eigenvalue weighted by atomic mass is 13.8. The van der Waals surface area contributed by atoms with Crippen LogP contribution in [0.5, 0.6) is 0 Å². The van der Waals surface area contributed by atoms with E-state index in [9.17, 15) is 0 Å². The fraction of sp³-hybridized carbons (Fsp3) is 1.00. The normalized spacial score (nSPS) is 10.9. The molecule has 0 aromatic rings. The fourth-order valence-corrected chi connectivity index (χ4v) is 1.02. The SMILES string of the molecule is [B][B][B][B][B]CC(C)B(C)[B][B][B]. The number of rotatable bonds is 8. The summed E-state index contributed by atoms with van der Waals surface area (Å²) in [6.07, 6.45) is 1.05. The van der Waals surface area contributed by atoms with Gasteiger partial charge in [0.2, 0.25) is 0 Å². The first-order valence-corrected chi connectivity index (χ1v) is 4.64. The van der Waals surface area contributed by atoms with Crippen molar-refractivity contribution in [3.63, 3.8) is 0 Å². The molecule has 0 N–H and O–H groups in total. The first-order valence-electron chi connectivity index (χ1n) is 4.64. The first kappa shape index (κ1) is 13.6. The maximum absolute atomic E-state index is 5.32. The second-order valence-electron chi connectivity index (χ2n) is 3.27. The Morgan fingerprint density at radius 3 is 2.46 bits per heavy atom. The van der Waals surface area contributed by atoms with E-state index in [-0.39, 0.29) is 0 Å². The standard InChI is InChI=1S/C4H9B9/c1-4(13(2)12-9-6)3-7-10-11-8-5/h4H,3H2,1-2H3. The molecule has 0 heterocycles. The van der Waals surface area contributed by atoms with Gasteiger partial charge in [-0.15, -0.1) is 0 Å². The van der Waals surface area contributed by atoms with Crippen LogP contribution in [0.1, 0.15) is 6.92 Å². The van der Waals surface area contributed by atoms with Crippen LogP contribution >= 0.6 is 0 Å². The van der Waals surface area contributed by atoms with E-state index >= 15 is 0 Å². The third-order valence-corrected chi connectivity index (χ3v) is 2.18. The zero-order valence-corrected chi connectivity index (χ0v) is 8.48. The van der Waals surface area contributed by atoms with Gasteiger partial charge in [-0.1, -0.05) is 25.9 Å².